The van der Waals surface area contributed by atoms with Crippen LogP contribution in [0.15, 0.2) is 24.3 Å². The zero-order valence-corrected chi connectivity index (χ0v) is 18.3. The Morgan fingerprint density at radius 3 is 2.55 bits per heavy atom. The molecular weight excluding hydrogens is 400 g/mol. The van der Waals surface area contributed by atoms with E-state index in [1.54, 1.807) is 11.8 Å². The van der Waals surface area contributed by atoms with Gasteiger partial charge in [0, 0.05) is 24.3 Å². The van der Waals surface area contributed by atoms with Crippen LogP contribution in [-0.4, -0.2) is 47.9 Å². The first-order chi connectivity index (χ1) is 14.6. The summed E-state index contributed by atoms with van der Waals surface area (Å²) in [6.07, 6.45) is -0.575. The van der Waals surface area contributed by atoms with Crippen molar-refractivity contribution < 1.29 is 28.7 Å². The number of carbonyl (C=O) groups excluding carboxylic acids is 4. The highest BCUT2D eigenvalue weighted by atomic mass is 16.5. The Bertz CT molecular complexity index is 1050. The Labute approximate surface area is 180 Å². The second-order valence-corrected chi connectivity index (χ2v) is 7.73. The monoisotopic (exact) mass is 426 g/mol. The predicted octanol–water partition coefficient (Wildman–Crippen LogP) is 2.76. The number of ether oxygens (including phenoxy) is 2. The third kappa shape index (κ3) is 4.23. The lowest BCUT2D eigenvalue weighted by atomic mass is 10.1. The molecule has 1 amide bonds. The third-order valence-electron chi connectivity index (χ3n) is 5.49. The van der Waals surface area contributed by atoms with Gasteiger partial charge in [0.2, 0.25) is 0 Å². The number of methoxy groups -OCH3 is 1. The molecule has 1 N–H and O–H groups in total. The lowest BCUT2D eigenvalue weighted by Gasteiger charge is -2.25. The molecule has 8 heteroatoms. The van der Waals surface area contributed by atoms with Gasteiger partial charge in [-0.1, -0.05) is 18.2 Å². The molecule has 3 rings (SSSR count). The highest BCUT2D eigenvalue weighted by Gasteiger charge is 2.35. The maximum Gasteiger partial charge on any atom is 0.339 e. The molecule has 0 saturated heterocycles. The summed E-state index contributed by atoms with van der Waals surface area (Å²) in [5, 5.41) is 0. The predicted molar refractivity (Wildman–Crippen MR) is 113 cm³/mol. The van der Waals surface area contributed by atoms with E-state index in [0.29, 0.717) is 5.56 Å². The van der Waals surface area contributed by atoms with Gasteiger partial charge in [0.05, 0.1) is 24.8 Å². The van der Waals surface area contributed by atoms with E-state index in [9.17, 15) is 19.2 Å². The smallest absolute Gasteiger partial charge is 0.339 e. The van der Waals surface area contributed by atoms with Gasteiger partial charge in [-0.15, -0.1) is 0 Å². The van der Waals surface area contributed by atoms with E-state index in [2.05, 4.69) is 4.98 Å². The van der Waals surface area contributed by atoms with Crippen LogP contribution in [0.5, 0.6) is 0 Å². The average molecular weight is 426 g/mol. The number of hydrogen-bond acceptors (Lipinski definition) is 6. The van der Waals surface area contributed by atoms with Gasteiger partial charge in [-0.25, -0.2) is 4.79 Å². The van der Waals surface area contributed by atoms with Gasteiger partial charge in [0.25, 0.3) is 5.91 Å². The van der Waals surface area contributed by atoms with Crippen molar-refractivity contribution in [3.05, 3.63) is 52.3 Å². The minimum atomic E-state index is -1.01. The summed E-state index contributed by atoms with van der Waals surface area (Å²) in [5.41, 5.74) is 2.89. The molecule has 0 aliphatic carbocycles. The number of benzene rings is 1. The standard InChI is InChI=1S/C23H26N2O6/c1-12-10-16-8-6-7-9-18(16)25(12)22(28)15(4)31-19(27)11-17-20(23(29)30-5)13(2)21(24-17)14(3)26/h6-9,12,15,24H,10-11H2,1-5H3. The van der Waals surface area contributed by atoms with E-state index in [1.807, 2.05) is 31.2 Å². The van der Waals surface area contributed by atoms with Crippen molar-refractivity contribution in [3.8, 4) is 0 Å². The van der Waals surface area contributed by atoms with Crippen molar-refractivity contribution in [1.82, 2.24) is 4.98 Å². The number of hydrogen-bond donors (Lipinski definition) is 1. The van der Waals surface area contributed by atoms with E-state index in [4.69, 9.17) is 9.47 Å². The molecule has 2 aromatic rings. The summed E-state index contributed by atoms with van der Waals surface area (Å²) in [6.45, 7) is 6.43. The first kappa shape index (κ1) is 22.3. The number of fused-ring (bicyclic) bond motifs is 1. The molecule has 31 heavy (non-hydrogen) atoms. The Morgan fingerprint density at radius 1 is 1.23 bits per heavy atom. The molecule has 2 heterocycles. The van der Waals surface area contributed by atoms with Crippen LogP contribution >= 0.6 is 0 Å². The number of carbonyl (C=O) groups is 4. The van der Waals surface area contributed by atoms with E-state index in [-0.39, 0.29) is 41.1 Å². The number of amides is 1. The Morgan fingerprint density at radius 2 is 1.90 bits per heavy atom. The van der Waals surface area contributed by atoms with Crippen LogP contribution in [0.1, 0.15) is 58.4 Å². The minimum Gasteiger partial charge on any atom is -0.465 e. The van der Waals surface area contributed by atoms with Crippen LogP contribution in [0.2, 0.25) is 0 Å². The number of aromatic amines is 1. The fraction of sp³-hybridized carbons (Fsp3) is 0.391. The molecule has 0 bridgehead atoms. The van der Waals surface area contributed by atoms with Gasteiger partial charge in [0.1, 0.15) is 0 Å². The number of nitrogens with one attached hydrogen (secondary N) is 1. The van der Waals surface area contributed by atoms with Crippen molar-refractivity contribution in [2.45, 2.75) is 52.7 Å². The Kier molecular flexibility index (Phi) is 6.29. The maximum atomic E-state index is 13.0. The Balaban J connectivity index is 1.75. The molecular formula is C23H26N2O6. The molecule has 0 radical (unpaired) electrons. The topological polar surface area (TPSA) is 106 Å². The fourth-order valence-electron chi connectivity index (χ4n) is 4.05. The number of anilines is 1. The Hall–Kier alpha value is -3.42. The SMILES string of the molecule is COC(=O)c1c(CC(=O)OC(C)C(=O)N2c3ccccc3CC2C)[nH]c(C(C)=O)c1C. The minimum absolute atomic E-state index is 0.0406. The van der Waals surface area contributed by atoms with Gasteiger partial charge >= 0.3 is 11.9 Å². The second kappa shape index (κ2) is 8.75. The zero-order valence-electron chi connectivity index (χ0n) is 18.3. The number of H-pyrrole nitrogens is 1. The van der Waals surface area contributed by atoms with Crippen LogP contribution in [0.4, 0.5) is 5.69 Å². The van der Waals surface area contributed by atoms with Crippen LogP contribution in [-0.2, 0) is 31.9 Å². The lowest BCUT2D eigenvalue weighted by Crippen LogP contribution is -2.43. The van der Waals surface area contributed by atoms with Gasteiger partial charge < -0.3 is 19.4 Å². The van der Waals surface area contributed by atoms with Crippen molar-refractivity contribution >= 4 is 29.3 Å². The van der Waals surface area contributed by atoms with Gasteiger partial charge in [-0.2, -0.15) is 0 Å². The van der Waals surface area contributed by atoms with Gasteiger partial charge in [0.15, 0.2) is 11.9 Å². The maximum absolute atomic E-state index is 13.0. The van der Waals surface area contributed by atoms with Gasteiger partial charge in [-0.05, 0) is 44.4 Å². The number of esters is 2. The van der Waals surface area contributed by atoms with E-state index < -0.39 is 18.0 Å². The summed E-state index contributed by atoms with van der Waals surface area (Å²) in [6, 6.07) is 7.60. The van der Waals surface area contributed by atoms with E-state index >= 15 is 0 Å². The van der Waals surface area contributed by atoms with Crippen LogP contribution in [0.3, 0.4) is 0 Å². The number of para-hydroxylation sites is 1. The average Bonchev–Trinajstić information content (AvgIpc) is 3.22. The first-order valence-electron chi connectivity index (χ1n) is 10.1. The third-order valence-corrected chi connectivity index (χ3v) is 5.49. The molecule has 0 saturated carbocycles. The summed E-state index contributed by atoms with van der Waals surface area (Å²) in [5.74, 6) is -1.93. The molecule has 0 fully saturated rings. The number of Topliss-reactive ketones (excluding diaryl/α,β-unsaturated/α-hetero) is 1. The number of aromatic nitrogens is 1. The first-order valence-corrected chi connectivity index (χ1v) is 10.1. The van der Waals surface area contributed by atoms with E-state index in [1.165, 1.54) is 21.0 Å². The summed E-state index contributed by atoms with van der Waals surface area (Å²) in [4.78, 5) is 54.0. The number of rotatable bonds is 6. The summed E-state index contributed by atoms with van der Waals surface area (Å²) >= 11 is 0. The van der Waals surface area contributed by atoms with Crippen LogP contribution < -0.4 is 4.90 Å². The molecule has 2 atom stereocenters. The van der Waals surface area contributed by atoms with Crippen LogP contribution in [0.25, 0.3) is 0 Å². The molecule has 8 nitrogen and oxygen atoms in total. The lowest BCUT2D eigenvalue weighted by molar-refractivity contribution is -0.153. The summed E-state index contributed by atoms with van der Waals surface area (Å²) in [7, 11) is 1.22. The van der Waals surface area contributed by atoms with Crippen molar-refractivity contribution in [2.24, 2.45) is 0 Å². The molecule has 2 unspecified atom stereocenters. The summed E-state index contributed by atoms with van der Waals surface area (Å²) < 4.78 is 10.2. The highest BCUT2D eigenvalue weighted by molar-refractivity contribution is 6.02. The quantitative estimate of drug-likeness (QED) is 0.562. The molecule has 1 aliphatic rings. The molecule has 1 aromatic heterocycles. The van der Waals surface area contributed by atoms with Crippen LogP contribution in [0, 0.1) is 6.92 Å². The highest BCUT2D eigenvalue weighted by Crippen LogP contribution is 2.32. The van der Waals surface area contributed by atoms with Crippen molar-refractivity contribution in [2.75, 3.05) is 12.0 Å². The molecule has 1 aliphatic heterocycles. The second-order valence-electron chi connectivity index (χ2n) is 7.73. The van der Waals surface area contributed by atoms with E-state index in [0.717, 1.165) is 17.7 Å². The van der Waals surface area contributed by atoms with Crippen molar-refractivity contribution in [1.29, 1.82) is 0 Å². The largest absolute Gasteiger partial charge is 0.465 e. The normalized spacial score (nSPS) is 15.9. The molecule has 164 valence electrons. The number of nitrogens with zero attached hydrogens (tertiary/aromatic N) is 1. The zero-order chi connectivity index (χ0) is 22.9. The molecule has 1 aromatic carbocycles. The van der Waals surface area contributed by atoms with Crippen molar-refractivity contribution in [3.63, 3.8) is 0 Å². The fourth-order valence-corrected chi connectivity index (χ4v) is 4.05. The number of ketones is 1. The van der Waals surface area contributed by atoms with Gasteiger partial charge in [-0.3, -0.25) is 14.4 Å². The molecule has 0 spiro atoms.